The summed E-state index contributed by atoms with van der Waals surface area (Å²) >= 11 is 0. The van der Waals surface area contributed by atoms with Gasteiger partial charge in [0.1, 0.15) is 18.8 Å². The monoisotopic (exact) mass is 250 g/mol. The molecule has 0 saturated heterocycles. The molecular formula is C14H18O4. The number of hydrogen-bond donors (Lipinski definition) is 0. The van der Waals surface area contributed by atoms with Crippen LogP contribution in [-0.2, 0) is 14.3 Å². The SMILES string of the molecule is CCOC(=O)CC(=O)COc1cc(C)cc(C)c1. The second kappa shape index (κ2) is 6.79. The largest absolute Gasteiger partial charge is 0.486 e. The van der Waals surface area contributed by atoms with Gasteiger partial charge in [-0.2, -0.15) is 0 Å². The van der Waals surface area contributed by atoms with Crippen LogP contribution in [0.5, 0.6) is 5.75 Å². The van der Waals surface area contributed by atoms with E-state index in [1.54, 1.807) is 6.92 Å². The minimum atomic E-state index is -0.508. The molecule has 0 radical (unpaired) electrons. The van der Waals surface area contributed by atoms with E-state index in [4.69, 9.17) is 4.74 Å². The molecule has 0 saturated carbocycles. The third kappa shape index (κ3) is 4.99. The molecule has 0 unspecified atom stereocenters. The lowest BCUT2D eigenvalue weighted by molar-refractivity contribution is -0.145. The Morgan fingerprint density at radius 3 is 2.28 bits per heavy atom. The van der Waals surface area contributed by atoms with Crippen molar-refractivity contribution in [3.8, 4) is 5.75 Å². The van der Waals surface area contributed by atoms with Crippen LogP contribution < -0.4 is 4.74 Å². The summed E-state index contributed by atoms with van der Waals surface area (Å²) in [6, 6.07) is 5.72. The van der Waals surface area contributed by atoms with Gasteiger partial charge in [-0.25, -0.2) is 0 Å². The number of ether oxygens (including phenoxy) is 2. The molecule has 0 fully saturated rings. The Morgan fingerprint density at radius 2 is 1.72 bits per heavy atom. The molecule has 0 amide bonds. The Bertz CT molecular complexity index is 417. The van der Waals surface area contributed by atoms with Gasteiger partial charge in [0.15, 0.2) is 5.78 Å². The summed E-state index contributed by atoms with van der Waals surface area (Å²) in [5.41, 5.74) is 2.14. The average molecular weight is 250 g/mol. The molecule has 0 aromatic heterocycles. The first kappa shape index (κ1) is 14.2. The molecule has 0 spiro atoms. The van der Waals surface area contributed by atoms with Crippen molar-refractivity contribution in [3.05, 3.63) is 29.3 Å². The third-order valence-electron chi connectivity index (χ3n) is 2.24. The molecule has 0 bridgehead atoms. The summed E-state index contributed by atoms with van der Waals surface area (Å²) in [4.78, 5) is 22.5. The van der Waals surface area contributed by atoms with Gasteiger partial charge in [-0.05, 0) is 44.0 Å². The second-order valence-electron chi connectivity index (χ2n) is 4.13. The fourth-order valence-corrected chi connectivity index (χ4v) is 1.60. The number of carbonyl (C=O) groups excluding carboxylic acids is 2. The summed E-state index contributed by atoms with van der Waals surface area (Å²) in [7, 11) is 0. The highest BCUT2D eigenvalue weighted by atomic mass is 16.5. The highest BCUT2D eigenvalue weighted by Gasteiger charge is 2.11. The fourth-order valence-electron chi connectivity index (χ4n) is 1.60. The molecule has 0 aliphatic heterocycles. The Balaban J connectivity index is 2.45. The number of hydrogen-bond acceptors (Lipinski definition) is 4. The van der Waals surface area contributed by atoms with Crippen LogP contribution in [0.15, 0.2) is 18.2 Å². The maximum atomic E-state index is 11.4. The molecule has 0 atom stereocenters. The first-order valence-corrected chi connectivity index (χ1v) is 5.89. The Morgan fingerprint density at radius 1 is 1.11 bits per heavy atom. The number of ketones is 1. The van der Waals surface area contributed by atoms with E-state index < -0.39 is 5.97 Å². The smallest absolute Gasteiger partial charge is 0.313 e. The molecule has 1 aromatic rings. The van der Waals surface area contributed by atoms with Crippen LogP contribution in [0.4, 0.5) is 0 Å². The van der Waals surface area contributed by atoms with Crippen LogP contribution >= 0.6 is 0 Å². The number of aryl methyl sites for hydroxylation is 2. The van der Waals surface area contributed by atoms with Gasteiger partial charge < -0.3 is 9.47 Å². The Labute approximate surface area is 107 Å². The topological polar surface area (TPSA) is 52.6 Å². The molecule has 0 aliphatic rings. The predicted octanol–water partition coefficient (Wildman–Crippen LogP) is 2.20. The number of esters is 1. The minimum absolute atomic E-state index is 0.109. The zero-order chi connectivity index (χ0) is 13.5. The third-order valence-corrected chi connectivity index (χ3v) is 2.24. The van der Waals surface area contributed by atoms with Crippen molar-refractivity contribution in [1.82, 2.24) is 0 Å². The van der Waals surface area contributed by atoms with Crippen LogP contribution in [0.1, 0.15) is 24.5 Å². The first-order chi connectivity index (χ1) is 8.51. The highest BCUT2D eigenvalue weighted by molar-refractivity contribution is 5.96. The van der Waals surface area contributed by atoms with Gasteiger partial charge in [0, 0.05) is 0 Å². The van der Waals surface area contributed by atoms with Gasteiger partial charge in [-0.3, -0.25) is 9.59 Å². The fraction of sp³-hybridized carbons (Fsp3) is 0.429. The normalized spacial score (nSPS) is 9.94. The summed E-state index contributed by atoms with van der Waals surface area (Å²) in [6.07, 6.45) is -0.237. The molecule has 18 heavy (non-hydrogen) atoms. The van der Waals surface area contributed by atoms with E-state index in [9.17, 15) is 9.59 Å². The molecule has 4 nitrogen and oxygen atoms in total. The van der Waals surface area contributed by atoms with Crippen molar-refractivity contribution in [2.24, 2.45) is 0 Å². The molecule has 98 valence electrons. The van der Waals surface area contributed by atoms with Gasteiger partial charge >= 0.3 is 5.97 Å². The van der Waals surface area contributed by atoms with Crippen LogP contribution in [0, 0.1) is 13.8 Å². The van der Waals surface area contributed by atoms with Crippen molar-refractivity contribution in [2.75, 3.05) is 13.2 Å². The number of benzene rings is 1. The highest BCUT2D eigenvalue weighted by Crippen LogP contribution is 2.16. The van der Waals surface area contributed by atoms with E-state index in [2.05, 4.69) is 4.74 Å². The van der Waals surface area contributed by atoms with Crippen molar-refractivity contribution >= 4 is 11.8 Å². The molecule has 1 aromatic carbocycles. The minimum Gasteiger partial charge on any atom is -0.486 e. The van der Waals surface area contributed by atoms with Gasteiger partial charge in [0.25, 0.3) is 0 Å². The summed E-state index contributed by atoms with van der Waals surface area (Å²) < 4.78 is 10.0. The zero-order valence-electron chi connectivity index (χ0n) is 11.0. The Hall–Kier alpha value is -1.84. The van der Waals surface area contributed by atoms with E-state index in [0.717, 1.165) is 11.1 Å². The maximum Gasteiger partial charge on any atom is 0.313 e. The van der Waals surface area contributed by atoms with E-state index >= 15 is 0 Å². The van der Waals surface area contributed by atoms with E-state index in [1.165, 1.54) is 0 Å². The van der Waals surface area contributed by atoms with E-state index in [-0.39, 0.29) is 25.4 Å². The van der Waals surface area contributed by atoms with E-state index in [1.807, 2.05) is 32.0 Å². The average Bonchev–Trinajstić information content (AvgIpc) is 2.25. The standard InChI is InChI=1S/C14H18O4/c1-4-17-14(16)8-12(15)9-18-13-6-10(2)5-11(3)7-13/h5-7H,4,8-9H2,1-3H3. The molecule has 0 aliphatic carbocycles. The van der Waals surface area contributed by atoms with Crippen molar-refractivity contribution in [1.29, 1.82) is 0 Å². The van der Waals surface area contributed by atoms with Crippen LogP contribution in [-0.4, -0.2) is 25.0 Å². The van der Waals surface area contributed by atoms with Gasteiger partial charge in [-0.15, -0.1) is 0 Å². The summed E-state index contributed by atoms with van der Waals surface area (Å²) in [5.74, 6) is -0.149. The number of rotatable bonds is 6. The molecule has 4 heteroatoms. The second-order valence-corrected chi connectivity index (χ2v) is 4.13. The Kier molecular flexibility index (Phi) is 5.36. The lowest BCUT2D eigenvalue weighted by Crippen LogP contribution is -2.17. The summed E-state index contributed by atoms with van der Waals surface area (Å²) in [5, 5.41) is 0. The van der Waals surface area contributed by atoms with Crippen LogP contribution in [0.25, 0.3) is 0 Å². The van der Waals surface area contributed by atoms with Crippen molar-refractivity contribution in [2.45, 2.75) is 27.2 Å². The first-order valence-electron chi connectivity index (χ1n) is 5.89. The van der Waals surface area contributed by atoms with Crippen molar-refractivity contribution < 1.29 is 19.1 Å². The van der Waals surface area contributed by atoms with Gasteiger partial charge in [0.2, 0.25) is 0 Å². The molecular weight excluding hydrogens is 232 g/mol. The zero-order valence-corrected chi connectivity index (χ0v) is 11.0. The maximum absolute atomic E-state index is 11.4. The van der Waals surface area contributed by atoms with E-state index in [0.29, 0.717) is 5.75 Å². The lowest BCUT2D eigenvalue weighted by atomic mass is 10.1. The lowest BCUT2D eigenvalue weighted by Gasteiger charge is -2.07. The molecule has 0 N–H and O–H groups in total. The quantitative estimate of drug-likeness (QED) is 0.573. The van der Waals surface area contributed by atoms with Crippen LogP contribution in [0.3, 0.4) is 0 Å². The molecule has 0 heterocycles. The molecule has 1 rings (SSSR count). The summed E-state index contributed by atoms with van der Waals surface area (Å²) in [6.45, 7) is 5.79. The predicted molar refractivity (Wildman–Crippen MR) is 67.7 cm³/mol. The van der Waals surface area contributed by atoms with Crippen molar-refractivity contribution in [3.63, 3.8) is 0 Å². The van der Waals surface area contributed by atoms with Crippen LogP contribution in [0.2, 0.25) is 0 Å². The van der Waals surface area contributed by atoms with Gasteiger partial charge in [-0.1, -0.05) is 6.07 Å². The number of carbonyl (C=O) groups is 2. The van der Waals surface area contributed by atoms with Gasteiger partial charge in [0.05, 0.1) is 6.61 Å². The number of Topliss-reactive ketones (excluding diaryl/α,β-unsaturated/α-hetero) is 1.